The minimum absolute atomic E-state index is 0.0721. The lowest BCUT2D eigenvalue weighted by molar-refractivity contribution is -0.00464. The molecule has 0 aliphatic carbocycles. The highest BCUT2D eigenvalue weighted by molar-refractivity contribution is 6.33. The Morgan fingerprint density at radius 3 is 2.86 bits per heavy atom. The van der Waals surface area contributed by atoms with E-state index in [0.29, 0.717) is 6.04 Å². The highest BCUT2D eigenvalue weighted by Gasteiger charge is 2.31. The standard InChI is InChI=1S/C17H27ClN2O/c1-5-19-13(2)14-7-8-16(15(18)11-14)20-10-6-9-17(3,12-20)21-4/h7-8,11,13,19H,5-6,9-10,12H2,1-4H3. The van der Waals surface area contributed by atoms with Gasteiger partial charge in [-0.2, -0.15) is 0 Å². The summed E-state index contributed by atoms with van der Waals surface area (Å²) in [5.74, 6) is 0. The number of nitrogens with one attached hydrogen (secondary N) is 1. The first-order valence-electron chi connectivity index (χ1n) is 7.82. The van der Waals surface area contributed by atoms with E-state index in [4.69, 9.17) is 16.3 Å². The molecule has 118 valence electrons. The van der Waals surface area contributed by atoms with E-state index < -0.39 is 0 Å². The maximum atomic E-state index is 6.53. The number of methoxy groups -OCH3 is 1. The van der Waals surface area contributed by atoms with Crippen molar-refractivity contribution in [3.8, 4) is 0 Å². The zero-order valence-corrected chi connectivity index (χ0v) is 14.3. The van der Waals surface area contributed by atoms with Crippen LogP contribution in [0, 0.1) is 0 Å². The van der Waals surface area contributed by atoms with Crippen LogP contribution in [0.5, 0.6) is 0 Å². The quantitative estimate of drug-likeness (QED) is 0.889. The van der Waals surface area contributed by atoms with E-state index in [1.54, 1.807) is 7.11 Å². The Morgan fingerprint density at radius 1 is 1.48 bits per heavy atom. The third-order valence-electron chi connectivity index (χ3n) is 4.47. The van der Waals surface area contributed by atoms with Gasteiger partial charge in [0.05, 0.1) is 16.3 Å². The fourth-order valence-electron chi connectivity index (χ4n) is 3.05. The third-order valence-corrected chi connectivity index (χ3v) is 4.78. The van der Waals surface area contributed by atoms with Crippen molar-refractivity contribution < 1.29 is 4.74 Å². The molecule has 0 radical (unpaired) electrons. The number of hydrogen-bond acceptors (Lipinski definition) is 3. The minimum Gasteiger partial charge on any atom is -0.377 e. The van der Waals surface area contributed by atoms with Crippen LogP contribution in [0.15, 0.2) is 18.2 Å². The molecule has 2 unspecified atom stereocenters. The molecular formula is C17H27ClN2O. The van der Waals surface area contributed by atoms with Gasteiger partial charge in [0.25, 0.3) is 0 Å². The van der Waals surface area contributed by atoms with Crippen molar-refractivity contribution in [1.82, 2.24) is 5.32 Å². The van der Waals surface area contributed by atoms with E-state index in [0.717, 1.165) is 43.2 Å². The predicted molar refractivity (Wildman–Crippen MR) is 90.4 cm³/mol. The summed E-state index contributed by atoms with van der Waals surface area (Å²) in [6.07, 6.45) is 2.24. The van der Waals surface area contributed by atoms with Crippen LogP contribution in [-0.4, -0.2) is 32.3 Å². The van der Waals surface area contributed by atoms with E-state index in [2.05, 4.69) is 49.2 Å². The second kappa shape index (κ2) is 6.99. The number of nitrogens with zero attached hydrogens (tertiary/aromatic N) is 1. The van der Waals surface area contributed by atoms with E-state index >= 15 is 0 Å². The molecule has 21 heavy (non-hydrogen) atoms. The lowest BCUT2D eigenvalue weighted by atomic mass is 9.94. The fourth-order valence-corrected chi connectivity index (χ4v) is 3.36. The molecule has 0 amide bonds. The first-order valence-corrected chi connectivity index (χ1v) is 8.20. The highest BCUT2D eigenvalue weighted by Crippen LogP contribution is 2.33. The van der Waals surface area contributed by atoms with Crippen LogP contribution in [-0.2, 0) is 4.74 Å². The molecule has 0 bridgehead atoms. The fraction of sp³-hybridized carbons (Fsp3) is 0.647. The lowest BCUT2D eigenvalue weighted by Gasteiger charge is -2.41. The molecule has 3 nitrogen and oxygen atoms in total. The summed E-state index contributed by atoms with van der Waals surface area (Å²) in [7, 11) is 1.80. The van der Waals surface area contributed by atoms with E-state index in [1.807, 2.05) is 0 Å². The number of rotatable bonds is 5. The van der Waals surface area contributed by atoms with Crippen molar-refractivity contribution in [3.63, 3.8) is 0 Å². The molecule has 2 atom stereocenters. The predicted octanol–water partition coefficient (Wildman–Crippen LogP) is 4.02. The Labute approximate surface area is 133 Å². The molecule has 1 heterocycles. The summed E-state index contributed by atoms with van der Waals surface area (Å²) in [5.41, 5.74) is 2.28. The molecule has 0 spiro atoms. The zero-order chi connectivity index (χ0) is 15.5. The van der Waals surface area contributed by atoms with Gasteiger partial charge in [-0.3, -0.25) is 0 Å². The monoisotopic (exact) mass is 310 g/mol. The van der Waals surface area contributed by atoms with Crippen molar-refractivity contribution in [3.05, 3.63) is 28.8 Å². The van der Waals surface area contributed by atoms with Gasteiger partial charge in [0.2, 0.25) is 0 Å². The van der Waals surface area contributed by atoms with Crippen LogP contribution in [0.25, 0.3) is 0 Å². The number of anilines is 1. The zero-order valence-electron chi connectivity index (χ0n) is 13.6. The number of hydrogen-bond donors (Lipinski definition) is 1. The van der Waals surface area contributed by atoms with Gasteiger partial charge in [-0.1, -0.05) is 24.6 Å². The first-order chi connectivity index (χ1) is 9.99. The molecule has 1 aromatic rings. The summed E-state index contributed by atoms with van der Waals surface area (Å²) in [6, 6.07) is 6.73. The van der Waals surface area contributed by atoms with E-state index in [9.17, 15) is 0 Å². The molecule has 1 aliphatic heterocycles. The summed E-state index contributed by atoms with van der Waals surface area (Å²) >= 11 is 6.53. The number of benzene rings is 1. The van der Waals surface area contributed by atoms with Gasteiger partial charge < -0.3 is 15.0 Å². The van der Waals surface area contributed by atoms with Crippen LogP contribution in [0.3, 0.4) is 0 Å². The van der Waals surface area contributed by atoms with Crippen molar-refractivity contribution >= 4 is 17.3 Å². The van der Waals surface area contributed by atoms with Crippen molar-refractivity contribution in [2.45, 2.75) is 45.3 Å². The lowest BCUT2D eigenvalue weighted by Crippen LogP contribution is -2.47. The molecule has 0 saturated carbocycles. The molecule has 1 N–H and O–H groups in total. The number of ether oxygens (including phenoxy) is 1. The molecule has 0 aromatic heterocycles. The molecule has 1 aliphatic rings. The van der Waals surface area contributed by atoms with Crippen molar-refractivity contribution in [2.75, 3.05) is 31.6 Å². The largest absolute Gasteiger partial charge is 0.377 e. The molecule has 4 heteroatoms. The number of piperidine rings is 1. The maximum Gasteiger partial charge on any atom is 0.0825 e. The van der Waals surface area contributed by atoms with Crippen LogP contribution < -0.4 is 10.2 Å². The molecule has 1 fully saturated rings. The highest BCUT2D eigenvalue weighted by atomic mass is 35.5. The van der Waals surface area contributed by atoms with E-state index in [-0.39, 0.29) is 5.60 Å². The van der Waals surface area contributed by atoms with Gasteiger partial charge in [0.1, 0.15) is 0 Å². The van der Waals surface area contributed by atoms with Crippen molar-refractivity contribution in [1.29, 1.82) is 0 Å². The second-order valence-electron chi connectivity index (χ2n) is 6.17. The van der Waals surface area contributed by atoms with Crippen LogP contribution >= 0.6 is 11.6 Å². The molecular weight excluding hydrogens is 284 g/mol. The maximum absolute atomic E-state index is 6.53. The Bertz CT molecular complexity index is 480. The van der Waals surface area contributed by atoms with E-state index in [1.165, 1.54) is 5.56 Å². The Morgan fingerprint density at radius 2 is 2.24 bits per heavy atom. The van der Waals surface area contributed by atoms with Gasteiger partial charge in [-0.25, -0.2) is 0 Å². The van der Waals surface area contributed by atoms with Gasteiger partial charge in [-0.15, -0.1) is 0 Å². The average molecular weight is 311 g/mol. The van der Waals surface area contributed by atoms with Gasteiger partial charge in [-0.05, 0) is 50.9 Å². The van der Waals surface area contributed by atoms with Gasteiger partial charge in [0.15, 0.2) is 0 Å². The summed E-state index contributed by atoms with van der Waals surface area (Å²) in [4.78, 5) is 2.34. The summed E-state index contributed by atoms with van der Waals surface area (Å²) in [6.45, 7) is 9.35. The normalized spacial score (nSPS) is 24.1. The Kier molecular flexibility index (Phi) is 5.53. The van der Waals surface area contributed by atoms with Crippen molar-refractivity contribution in [2.24, 2.45) is 0 Å². The Hall–Kier alpha value is -0.770. The van der Waals surface area contributed by atoms with Crippen LogP contribution in [0.4, 0.5) is 5.69 Å². The summed E-state index contributed by atoms with van der Waals surface area (Å²) in [5, 5.41) is 4.25. The molecule has 1 saturated heterocycles. The number of halogens is 1. The molecule has 1 aromatic carbocycles. The smallest absolute Gasteiger partial charge is 0.0825 e. The SMILES string of the molecule is CCNC(C)c1ccc(N2CCCC(C)(OC)C2)c(Cl)c1. The van der Waals surface area contributed by atoms with Crippen LogP contribution in [0.2, 0.25) is 5.02 Å². The topological polar surface area (TPSA) is 24.5 Å². The third kappa shape index (κ3) is 3.91. The first kappa shape index (κ1) is 16.6. The van der Waals surface area contributed by atoms with Gasteiger partial charge in [0, 0.05) is 26.2 Å². The average Bonchev–Trinajstić information content (AvgIpc) is 2.47. The Balaban J connectivity index is 2.17. The minimum atomic E-state index is -0.0721. The summed E-state index contributed by atoms with van der Waals surface area (Å²) < 4.78 is 5.67. The van der Waals surface area contributed by atoms with Crippen LogP contribution in [0.1, 0.15) is 45.2 Å². The molecule has 2 rings (SSSR count). The van der Waals surface area contributed by atoms with Gasteiger partial charge >= 0.3 is 0 Å². The second-order valence-corrected chi connectivity index (χ2v) is 6.58.